The first-order chi connectivity index (χ1) is 7.20. The summed E-state index contributed by atoms with van der Waals surface area (Å²) in [5.41, 5.74) is 0.333. The lowest BCUT2D eigenvalue weighted by atomic mass is 9.96. The van der Waals surface area contributed by atoms with E-state index in [9.17, 15) is 0 Å². The normalized spacial score (nSPS) is 28.2. The SMILES string of the molecule is CCC1(C)CN(CCCCOC)CCN1. The van der Waals surface area contributed by atoms with Crippen molar-refractivity contribution in [1.29, 1.82) is 0 Å². The van der Waals surface area contributed by atoms with Gasteiger partial charge in [-0.2, -0.15) is 0 Å². The number of hydrogen-bond donors (Lipinski definition) is 1. The molecule has 3 nitrogen and oxygen atoms in total. The average Bonchev–Trinajstić information content (AvgIpc) is 2.25. The average molecular weight is 214 g/mol. The van der Waals surface area contributed by atoms with Gasteiger partial charge in [0.25, 0.3) is 0 Å². The second-order valence-corrected chi connectivity index (χ2v) is 4.82. The Balaban J connectivity index is 2.18. The number of ether oxygens (including phenoxy) is 1. The molecule has 15 heavy (non-hydrogen) atoms. The summed E-state index contributed by atoms with van der Waals surface area (Å²) in [5, 5.41) is 3.61. The van der Waals surface area contributed by atoms with E-state index in [1.807, 2.05) is 0 Å². The van der Waals surface area contributed by atoms with Gasteiger partial charge < -0.3 is 15.0 Å². The van der Waals surface area contributed by atoms with Crippen LogP contribution in [0.3, 0.4) is 0 Å². The van der Waals surface area contributed by atoms with Crippen LogP contribution in [-0.4, -0.2) is 50.3 Å². The van der Waals surface area contributed by atoms with Crippen molar-refractivity contribution in [2.75, 3.05) is 39.9 Å². The Morgan fingerprint density at radius 1 is 1.40 bits per heavy atom. The van der Waals surface area contributed by atoms with Gasteiger partial charge in [0.1, 0.15) is 0 Å². The maximum Gasteiger partial charge on any atom is 0.0462 e. The van der Waals surface area contributed by atoms with Crippen LogP contribution < -0.4 is 5.32 Å². The Hall–Kier alpha value is -0.120. The fourth-order valence-corrected chi connectivity index (χ4v) is 2.15. The summed E-state index contributed by atoms with van der Waals surface area (Å²) >= 11 is 0. The predicted molar refractivity (Wildman–Crippen MR) is 64.2 cm³/mol. The molecule has 1 unspecified atom stereocenters. The van der Waals surface area contributed by atoms with Crippen LogP contribution in [0.25, 0.3) is 0 Å². The number of nitrogens with one attached hydrogen (secondary N) is 1. The maximum atomic E-state index is 5.06. The minimum Gasteiger partial charge on any atom is -0.385 e. The fourth-order valence-electron chi connectivity index (χ4n) is 2.15. The summed E-state index contributed by atoms with van der Waals surface area (Å²) in [5.74, 6) is 0. The Labute approximate surface area is 94.2 Å². The number of methoxy groups -OCH3 is 1. The molecule has 1 rings (SSSR count). The van der Waals surface area contributed by atoms with E-state index in [0.29, 0.717) is 5.54 Å². The Bertz CT molecular complexity index is 175. The van der Waals surface area contributed by atoms with Gasteiger partial charge in [-0.3, -0.25) is 0 Å². The first-order valence-corrected chi connectivity index (χ1v) is 6.16. The molecule has 0 spiro atoms. The standard InChI is InChI=1S/C12H26N2O/c1-4-12(2)11-14(9-7-13-12)8-5-6-10-15-3/h13H,4-11H2,1-3H3. The largest absolute Gasteiger partial charge is 0.385 e. The number of hydrogen-bond acceptors (Lipinski definition) is 3. The summed E-state index contributed by atoms with van der Waals surface area (Å²) in [4.78, 5) is 2.58. The van der Waals surface area contributed by atoms with Crippen LogP contribution in [0.1, 0.15) is 33.1 Å². The molecule has 0 bridgehead atoms. The second kappa shape index (κ2) is 6.46. The monoisotopic (exact) mass is 214 g/mol. The number of piperazine rings is 1. The molecule has 0 aromatic heterocycles. The third-order valence-corrected chi connectivity index (χ3v) is 3.41. The first kappa shape index (κ1) is 12.9. The van der Waals surface area contributed by atoms with Gasteiger partial charge in [-0.15, -0.1) is 0 Å². The van der Waals surface area contributed by atoms with Crippen molar-refractivity contribution in [3.63, 3.8) is 0 Å². The fraction of sp³-hybridized carbons (Fsp3) is 1.00. The molecule has 1 aliphatic rings. The molecule has 0 aliphatic carbocycles. The van der Waals surface area contributed by atoms with Crippen LogP contribution in [-0.2, 0) is 4.74 Å². The van der Waals surface area contributed by atoms with E-state index in [0.717, 1.165) is 13.2 Å². The van der Waals surface area contributed by atoms with E-state index >= 15 is 0 Å². The molecule has 0 aromatic rings. The van der Waals surface area contributed by atoms with Crippen molar-refractivity contribution < 1.29 is 4.74 Å². The minimum atomic E-state index is 0.333. The van der Waals surface area contributed by atoms with Crippen LogP contribution >= 0.6 is 0 Å². The molecule has 0 amide bonds. The molecule has 0 aromatic carbocycles. The van der Waals surface area contributed by atoms with Gasteiger partial charge in [0.2, 0.25) is 0 Å². The minimum absolute atomic E-state index is 0.333. The highest BCUT2D eigenvalue weighted by molar-refractivity contribution is 4.89. The van der Waals surface area contributed by atoms with E-state index < -0.39 is 0 Å². The van der Waals surface area contributed by atoms with Gasteiger partial charge >= 0.3 is 0 Å². The van der Waals surface area contributed by atoms with Crippen LogP contribution in [0.4, 0.5) is 0 Å². The molecule has 1 saturated heterocycles. The summed E-state index contributed by atoms with van der Waals surface area (Å²) in [6.07, 6.45) is 3.65. The van der Waals surface area contributed by atoms with Gasteiger partial charge in [0.15, 0.2) is 0 Å². The lowest BCUT2D eigenvalue weighted by molar-refractivity contribution is 0.131. The lowest BCUT2D eigenvalue weighted by Gasteiger charge is -2.41. The summed E-state index contributed by atoms with van der Waals surface area (Å²) in [6, 6.07) is 0. The number of nitrogens with zero attached hydrogens (tertiary/aromatic N) is 1. The number of unbranched alkanes of at least 4 members (excludes halogenated alkanes) is 1. The molecule has 0 saturated carbocycles. The van der Waals surface area contributed by atoms with Crippen LogP contribution in [0.15, 0.2) is 0 Å². The molecule has 1 atom stereocenters. The van der Waals surface area contributed by atoms with Crippen molar-refractivity contribution in [3.8, 4) is 0 Å². The van der Waals surface area contributed by atoms with Crippen molar-refractivity contribution in [2.45, 2.75) is 38.6 Å². The lowest BCUT2D eigenvalue weighted by Crippen LogP contribution is -2.58. The Kier molecular flexibility index (Phi) is 5.58. The van der Waals surface area contributed by atoms with E-state index in [2.05, 4.69) is 24.1 Å². The summed E-state index contributed by atoms with van der Waals surface area (Å²) in [7, 11) is 1.78. The zero-order valence-electron chi connectivity index (χ0n) is 10.5. The van der Waals surface area contributed by atoms with Gasteiger partial charge in [-0.25, -0.2) is 0 Å². The molecule has 3 heteroatoms. The molecule has 1 aliphatic heterocycles. The molecule has 90 valence electrons. The van der Waals surface area contributed by atoms with E-state index in [1.54, 1.807) is 7.11 Å². The summed E-state index contributed by atoms with van der Waals surface area (Å²) < 4.78 is 5.06. The van der Waals surface area contributed by atoms with Crippen LogP contribution in [0.2, 0.25) is 0 Å². The predicted octanol–water partition coefficient (Wildman–Crippen LogP) is 1.49. The van der Waals surface area contributed by atoms with Crippen LogP contribution in [0, 0.1) is 0 Å². The highest BCUT2D eigenvalue weighted by atomic mass is 16.5. The quantitative estimate of drug-likeness (QED) is 0.678. The third-order valence-electron chi connectivity index (χ3n) is 3.41. The van der Waals surface area contributed by atoms with Gasteiger partial charge in [-0.05, 0) is 32.7 Å². The van der Waals surface area contributed by atoms with E-state index in [1.165, 1.54) is 38.9 Å². The zero-order chi connectivity index (χ0) is 11.1. The highest BCUT2D eigenvalue weighted by Crippen LogP contribution is 2.15. The highest BCUT2D eigenvalue weighted by Gasteiger charge is 2.27. The van der Waals surface area contributed by atoms with Crippen LogP contribution in [0.5, 0.6) is 0 Å². The van der Waals surface area contributed by atoms with E-state index in [4.69, 9.17) is 4.74 Å². The Morgan fingerprint density at radius 2 is 2.20 bits per heavy atom. The van der Waals surface area contributed by atoms with Gasteiger partial charge in [0, 0.05) is 38.9 Å². The molecule has 1 fully saturated rings. The number of rotatable bonds is 6. The van der Waals surface area contributed by atoms with Crippen molar-refractivity contribution in [2.24, 2.45) is 0 Å². The van der Waals surface area contributed by atoms with Crippen molar-refractivity contribution >= 4 is 0 Å². The molecular weight excluding hydrogens is 188 g/mol. The molecular formula is C12H26N2O. The van der Waals surface area contributed by atoms with Gasteiger partial charge in [0.05, 0.1) is 0 Å². The van der Waals surface area contributed by atoms with E-state index in [-0.39, 0.29) is 0 Å². The Morgan fingerprint density at radius 3 is 2.87 bits per heavy atom. The molecule has 1 heterocycles. The molecule has 1 N–H and O–H groups in total. The maximum absolute atomic E-state index is 5.06. The van der Waals surface area contributed by atoms with Crippen molar-refractivity contribution in [3.05, 3.63) is 0 Å². The third kappa shape index (κ3) is 4.49. The van der Waals surface area contributed by atoms with Gasteiger partial charge in [-0.1, -0.05) is 6.92 Å². The second-order valence-electron chi connectivity index (χ2n) is 4.82. The zero-order valence-corrected chi connectivity index (χ0v) is 10.5. The summed E-state index contributed by atoms with van der Waals surface area (Å²) in [6.45, 7) is 10.2. The van der Waals surface area contributed by atoms with Crippen molar-refractivity contribution in [1.82, 2.24) is 10.2 Å². The molecule has 0 radical (unpaired) electrons. The first-order valence-electron chi connectivity index (χ1n) is 6.16. The topological polar surface area (TPSA) is 24.5 Å². The smallest absolute Gasteiger partial charge is 0.0462 e.